The summed E-state index contributed by atoms with van der Waals surface area (Å²) >= 11 is 0. The Morgan fingerprint density at radius 1 is 1.00 bits per heavy atom. The van der Waals surface area contributed by atoms with Gasteiger partial charge >= 0.3 is 0 Å². The van der Waals surface area contributed by atoms with E-state index in [-0.39, 0.29) is 0 Å². The molecule has 0 radical (unpaired) electrons. The van der Waals surface area contributed by atoms with Crippen LogP contribution in [0.15, 0.2) is 48.5 Å². The molecule has 0 spiro atoms. The van der Waals surface area contributed by atoms with Crippen molar-refractivity contribution in [2.75, 3.05) is 13.1 Å². The number of benzene rings is 2. The van der Waals surface area contributed by atoms with Gasteiger partial charge in [0.1, 0.15) is 0 Å². The molecule has 20 heavy (non-hydrogen) atoms. The van der Waals surface area contributed by atoms with Crippen molar-refractivity contribution in [3.8, 4) is 0 Å². The highest BCUT2D eigenvalue weighted by atomic mass is 14.9. The van der Waals surface area contributed by atoms with Gasteiger partial charge in [-0.25, -0.2) is 0 Å². The third-order valence-corrected chi connectivity index (χ3v) is 4.31. The molecule has 0 amide bonds. The number of hydrogen-bond donors (Lipinski definition) is 1. The standard InChI is InChI=1S/C19H23N/c1-15-14-20-12-11-18-10-9-17(13-19(15)18)8-7-16-5-3-2-4-6-16/h2-6,9-10,13,15,20H,7-8,11-12,14H2,1H3. The number of nitrogens with one attached hydrogen (secondary N) is 1. The molecule has 1 atom stereocenters. The molecule has 0 saturated heterocycles. The first kappa shape index (κ1) is 13.4. The van der Waals surface area contributed by atoms with Crippen molar-refractivity contribution < 1.29 is 0 Å². The van der Waals surface area contributed by atoms with Gasteiger partial charge in [0.2, 0.25) is 0 Å². The van der Waals surface area contributed by atoms with Crippen LogP contribution in [0.4, 0.5) is 0 Å². The van der Waals surface area contributed by atoms with Gasteiger partial charge in [0.05, 0.1) is 0 Å². The van der Waals surface area contributed by atoms with Gasteiger partial charge in [-0.1, -0.05) is 55.5 Å². The summed E-state index contributed by atoms with van der Waals surface area (Å²) in [5.41, 5.74) is 5.99. The van der Waals surface area contributed by atoms with E-state index in [4.69, 9.17) is 0 Å². The Morgan fingerprint density at radius 2 is 1.80 bits per heavy atom. The zero-order chi connectivity index (χ0) is 13.8. The van der Waals surface area contributed by atoms with Gasteiger partial charge in [0.25, 0.3) is 0 Å². The fourth-order valence-corrected chi connectivity index (χ4v) is 3.07. The van der Waals surface area contributed by atoms with Crippen LogP contribution in [-0.4, -0.2) is 13.1 Å². The molecule has 104 valence electrons. The van der Waals surface area contributed by atoms with Crippen molar-refractivity contribution in [2.24, 2.45) is 0 Å². The van der Waals surface area contributed by atoms with E-state index >= 15 is 0 Å². The molecule has 0 saturated carbocycles. The molecular formula is C19H23N. The van der Waals surface area contributed by atoms with Crippen molar-refractivity contribution in [1.82, 2.24) is 5.32 Å². The normalized spacial score (nSPS) is 18.4. The van der Waals surface area contributed by atoms with Gasteiger partial charge in [-0.2, -0.15) is 0 Å². The molecule has 3 rings (SSSR count). The van der Waals surface area contributed by atoms with E-state index in [0.717, 1.165) is 25.9 Å². The summed E-state index contributed by atoms with van der Waals surface area (Å²) in [5.74, 6) is 0.629. The van der Waals surface area contributed by atoms with Crippen LogP contribution < -0.4 is 5.32 Å². The van der Waals surface area contributed by atoms with Crippen LogP contribution in [0.1, 0.15) is 35.1 Å². The van der Waals surface area contributed by atoms with Gasteiger partial charge in [-0.15, -0.1) is 0 Å². The van der Waals surface area contributed by atoms with E-state index in [0.29, 0.717) is 5.92 Å². The SMILES string of the molecule is CC1CNCCc2ccc(CCc3ccccc3)cc21. The molecule has 1 aliphatic rings. The number of rotatable bonds is 3. The summed E-state index contributed by atoms with van der Waals surface area (Å²) in [6.45, 7) is 4.55. The Labute approximate surface area is 122 Å². The van der Waals surface area contributed by atoms with Crippen molar-refractivity contribution in [2.45, 2.75) is 32.1 Å². The van der Waals surface area contributed by atoms with E-state index < -0.39 is 0 Å². The summed E-state index contributed by atoms with van der Waals surface area (Å²) in [4.78, 5) is 0. The molecule has 1 heteroatoms. The Morgan fingerprint density at radius 3 is 2.65 bits per heavy atom. The minimum atomic E-state index is 0.629. The molecule has 1 aliphatic heterocycles. The highest BCUT2D eigenvalue weighted by Crippen LogP contribution is 2.24. The Balaban J connectivity index is 1.75. The quantitative estimate of drug-likeness (QED) is 0.892. The predicted molar refractivity (Wildman–Crippen MR) is 85.3 cm³/mol. The molecule has 0 aromatic heterocycles. The monoisotopic (exact) mass is 265 g/mol. The summed E-state index contributed by atoms with van der Waals surface area (Å²) < 4.78 is 0. The van der Waals surface area contributed by atoms with E-state index in [1.54, 1.807) is 5.56 Å². The van der Waals surface area contributed by atoms with E-state index in [1.165, 1.54) is 23.1 Å². The first-order valence-electron chi connectivity index (χ1n) is 7.69. The van der Waals surface area contributed by atoms with Crippen LogP contribution >= 0.6 is 0 Å². The fourth-order valence-electron chi connectivity index (χ4n) is 3.07. The van der Waals surface area contributed by atoms with Crippen molar-refractivity contribution >= 4 is 0 Å². The molecule has 1 unspecified atom stereocenters. The molecular weight excluding hydrogens is 242 g/mol. The average Bonchev–Trinajstić information content (AvgIpc) is 2.68. The van der Waals surface area contributed by atoms with Gasteiger partial charge < -0.3 is 5.32 Å². The maximum Gasteiger partial charge on any atom is 0.00177 e. The maximum atomic E-state index is 3.52. The second kappa shape index (κ2) is 6.23. The largest absolute Gasteiger partial charge is 0.316 e. The zero-order valence-corrected chi connectivity index (χ0v) is 12.2. The molecule has 1 heterocycles. The Bertz CT molecular complexity index is 559. The summed E-state index contributed by atoms with van der Waals surface area (Å²) in [5, 5.41) is 3.52. The number of fused-ring (bicyclic) bond motifs is 1. The molecule has 0 aliphatic carbocycles. The average molecular weight is 265 g/mol. The summed E-state index contributed by atoms with van der Waals surface area (Å²) in [6, 6.07) is 17.9. The lowest BCUT2D eigenvalue weighted by Gasteiger charge is -2.14. The number of aryl methyl sites for hydroxylation is 2. The van der Waals surface area contributed by atoms with Crippen molar-refractivity contribution in [1.29, 1.82) is 0 Å². The molecule has 2 aromatic carbocycles. The van der Waals surface area contributed by atoms with Gasteiger partial charge in [-0.3, -0.25) is 0 Å². The van der Waals surface area contributed by atoms with Crippen LogP contribution in [0.3, 0.4) is 0 Å². The first-order valence-corrected chi connectivity index (χ1v) is 7.69. The van der Waals surface area contributed by atoms with Crippen LogP contribution in [0, 0.1) is 0 Å². The van der Waals surface area contributed by atoms with Gasteiger partial charge in [0, 0.05) is 6.54 Å². The lowest BCUT2D eigenvalue weighted by Crippen LogP contribution is -2.18. The second-order valence-corrected chi connectivity index (χ2v) is 5.87. The predicted octanol–water partition coefficient (Wildman–Crippen LogP) is 3.72. The van der Waals surface area contributed by atoms with E-state index in [1.807, 2.05) is 0 Å². The zero-order valence-electron chi connectivity index (χ0n) is 12.2. The summed E-state index contributed by atoms with van der Waals surface area (Å²) in [7, 11) is 0. The van der Waals surface area contributed by atoms with Crippen LogP contribution in [0.5, 0.6) is 0 Å². The highest BCUT2D eigenvalue weighted by molar-refractivity contribution is 5.36. The highest BCUT2D eigenvalue weighted by Gasteiger charge is 2.14. The van der Waals surface area contributed by atoms with E-state index in [9.17, 15) is 0 Å². The lowest BCUT2D eigenvalue weighted by atomic mass is 9.92. The third-order valence-electron chi connectivity index (χ3n) is 4.31. The first-order chi connectivity index (χ1) is 9.83. The number of hydrogen-bond acceptors (Lipinski definition) is 1. The molecule has 1 N–H and O–H groups in total. The van der Waals surface area contributed by atoms with Crippen LogP contribution in [0.25, 0.3) is 0 Å². The van der Waals surface area contributed by atoms with Crippen molar-refractivity contribution in [3.63, 3.8) is 0 Å². The van der Waals surface area contributed by atoms with Crippen LogP contribution in [0.2, 0.25) is 0 Å². The molecule has 0 bridgehead atoms. The maximum absolute atomic E-state index is 3.52. The lowest BCUT2D eigenvalue weighted by molar-refractivity contribution is 0.644. The minimum Gasteiger partial charge on any atom is -0.316 e. The van der Waals surface area contributed by atoms with Gasteiger partial charge in [0.15, 0.2) is 0 Å². The third kappa shape index (κ3) is 3.10. The second-order valence-electron chi connectivity index (χ2n) is 5.87. The Kier molecular flexibility index (Phi) is 4.17. The van der Waals surface area contributed by atoms with E-state index in [2.05, 4.69) is 60.8 Å². The summed E-state index contributed by atoms with van der Waals surface area (Å²) in [6.07, 6.45) is 3.43. The molecule has 0 fully saturated rings. The molecule has 2 aromatic rings. The Hall–Kier alpha value is -1.60. The van der Waals surface area contributed by atoms with Crippen molar-refractivity contribution in [3.05, 3.63) is 70.8 Å². The smallest absolute Gasteiger partial charge is 0.00177 e. The minimum absolute atomic E-state index is 0.629. The van der Waals surface area contributed by atoms with Gasteiger partial charge in [-0.05, 0) is 54.0 Å². The van der Waals surface area contributed by atoms with Crippen LogP contribution in [-0.2, 0) is 19.3 Å². The topological polar surface area (TPSA) is 12.0 Å². The fraction of sp³-hybridized carbons (Fsp3) is 0.368. The molecule has 1 nitrogen and oxygen atoms in total.